The van der Waals surface area contributed by atoms with E-state index in [4.69, 9.17) is 4.74 Å². The summed E-state index contributed by atoms with van der Waals surface area (Å²) in [5.41, 5.74) is -0.201. The Labute approximate surface area is 117 Å². The smallest absolute Gasteiger partial charge is 0.349 e. The molecule has 1 fully saturated rings. The van der Waals surface area contributed by atoms with Gasteiger partial charge in [0.25, 0.3) is 5.88 Å². The third kappa shape index (κ3) is 3.77. The Morgan fingerprint density at radius 1 is 1.50 bits per heavy atom. The summed E-state index contributed by atoms with van der Waals surface area (Å²) in [5.74, 6) is 0.370. The molecular weight excluding hydrogens is 262 g/mol. The second kappa shape index (κ2) is 6.99. The van der Waals surface area contributed by atoms with Crippen molar-refractivity contribution in [1.82, 2.24) is 14.9 Å². The van der Waals surface area contributed by atoms with Crippen molar-refractivity contribution < 1.29 is 9.66 Å². The molecule has 1 aliphatic rings. The Balaban J connectivity index is 1.98. The lowest BCUT2D eigenvalue weighted by Gasteiger charge is -2.14. The first kappa shape index (κ1) is 14.4. The van der Waals surface area contributed by atoms with E-state index in [2.05, 4.69) is 20.2 Å². The van der Waals surface area contributed by atoms with Gasteiger partial charge in [0.1, 0.15) is 12.8 Å². The van der Waals surface area contributed by atoms with Gasteiger partial charge in [-0.3, -0.25) is 15.0 Å². The Hall–Kier alpha value is -1.96. The molecule has 0 spiro atoms. The first-order valence-corrected chi connectivity index (χ1v) is 6.81. The van der Waals surface area contributed by atoms with E-state index in [0.717, 1.165) is 19.6 Å². The van der Waals surface area contributed by atoms with Gasteiger partial charge in [-0.25, -0.2) is 4.98 Å². The van der Waals surface area contributed by atoms with Crippen LogP contribution in [0.25, 0.3) is 0 Å². The maximum Gasteiger partial charge on any atom is 0.349 e. The number of hydrogen-bond donors (Lipinski definition) is 1. The molecular formula is C12H19N5O3. The fourth-order valence-corrected chi connectivity index (χ4v) is 2.11. The van der Waals surface area contributed by atoms with Crippen LogP contribution in [0.5, 0.6) is 5.88 Å². The van der Waals surface area contributed by atoms with E-state index in [1.54, 1.807) is 0 Å². The summed E-state index contributed by atoms with van der Waals surface area (Å²) in [5, 5.41) is 13.8. The van der Waals surface area contributed by atoms with Crippen molar-refractivity contribution in [3.63, 3.8) is 0 Å². The van der Waals surface area contributed by atoms with E-state index in [1.165, 1.54) is 19.0 Å². The normalized spacial score (nSPS) is 15.2. The summed E-state index contributed by atoms with van der Waals surface area (Å²) >= 11 is 0. The minimum atomic E-state index is -0.527. The Morgan fingerprint density at radius 2 is 2.25 bits per heavy atom. The molecule has 0 amide bonds. The van der Waals surface area contributed by atoms with Gasteiger partial charge in [0.15, 0.2) is 0 Å². The van der Waals surface area contributed by atoms with Crippen LogP contribution in [0.2, 0.25) is 0 Å². The minimum Gasteiger partial charge on any atom is -0.471 e. The van der Waals surface area contributed by atoms with E-state index < -0.39 is 4.92 Å². The fourth-order valence-electron chi connectivity index (χ4n) is 2.11. The molecule has 0 bridgehead atoms. The first-order chi connectivity index (χ1) is 9.70. The molecule has 20 heavy (non-hydrogen) atoms. The summed E-state index contributed by atoms with van der Waals surface area (Å²) in [7, 11) is 0. The van der Waals surface area contributed by atoms with Crippen molar-refractivity contribution in [2.75, 3.05) is 38.1 Å². The maximum atomic E-state index is 10.9. The van der Waals surface area contributed by atoms with E-state index in [0.29, 0.717) is 19.1 Å². The average Bonchev–Trinajstić information content (AvgIpc) is 2.92. The number of hydrogen-bond acceptors (Lipinski definition) is 7. The van der Waals surface area contributed by atoms with Crippen LogP contribution >= 0.6 is 0 Å². The number of nitro groups is 1. The molecule has 1 aromatic rings. The van der Waals surface area contributed by atoms with Crippen LogP contribution in [0.15, 0.2) is 6.20 Å². The van der Waals surface area contributed by atoms with Gasteiger partial charge >= 0.3 is 5.69 Å². The van der Waals surface area contributed by atoms with Gasteiger partial charge in [-0.2, -0.15) is 4.98 Å². The predicted molar refractivity (Wildman–Crippen MR) is 74.0 cm³/mol. The maximum absolute atomic E-state index is 10.9. The molecule has 0 aliphatic carbocycles. The number of aromatic nitrogens is 2. The van der Waals surface area contributed by atoms with Gasteiger partial charge in [0, 0.05) is 13.1 Å². The van der Waals surface area contributed by atoms with Crippen molar-refractivity contribution in [3.8, 4) is 5.88 Å². The fraction of sp³-hybridized carbons (Fsp3) is 0.667. The molecule has 110 valence electrons. The monoisotopic (exact) mass is 281 g/mol. The third-order valence-electron chi connectivity index (χ3n) is 3.11. The Morgan fingerprint density at radius 3 is 2.90 bits per heavy atom. The molecule has 1 N–H and O–H groups in total. The molecule has 8 heteroatoms. The number of likely N-dealkylation sites (tertiary alicyclic amines) is 1. The third-order valence-corrected chi connectivity index (χ3v) is 3.11. The van der Waals surface area contributed by atoms with Gasteiger partial charge in [-0.05, 0) is 32.9 Å². The molecule has 0 atom stereocenters. The molecule has 1 saturated heterocycles. The van der Waals surface area contributed by atoms with Crippen LogP contribution in [-0.2, 0) is 0 Å². The highest BCUT2D eigenvalue weighted by atomic mass is 16.6. The second-order valence-corrected chi connectivity index (χ2v) is 4.57. The van der Waals surface area contributed by atoms with E-state index >= 15 is 0 Å². The lowest BCUT2D eigenvalue weighted by molar-refractivity contribution is -0.386. The van der Waals surface area contributed by atoms with Gasteiger partial charge in [0.05, 0.1) is 4.92 Å². The van der Waals surface area contributed by atoms with Crippen molar-refractivity contribution in [2.24, 2.45) is 0 Å². The minimum absolute atomic E-state index is 0.0279. The van der Waals surface area contributed by atoms with Gasteiger partial charge in [-0.15, -0.1) is 0 Å². The largest absolute Gasteiger partial charge is 0.471 e. The molecule has 1 aliphatic heterocycles. The second-order valence-electron chi connectivity index (χ2n) is 4.57. The summed E-state index contributed by atoms with van der Waals surface area (Å²) in [6, 6.07) is 0. The predicted octanol–water partition coefficient (Wildman–Crippen LogP) is 1.29. The summed E-state index contributed by atoms with van der Waals surface area (Å²) in [6.45, 7) is 5.83. The molecule has 0 saturated carbocycles. The van der Waals surface area contributed by atoms with Gasteiger partial charge in [-0.1, -0.05) is 0 Å². The highest BCUT2D eigenvalue weighted by Crippen LogP contribution is 2.24. The van der Waals surface area contributed by atoms with E-state index in [1.807, 2.05) is 6.92 Å². The quantitative estimate of drug-likeness (QED) is 0.594. The number of rotatable bonds is 7. The van der Waals surface area contributed by atoms with Crippen LogP contribution in [0.4, 0.5) is 11.6 Å². The number of ether oxygens (including phenoxy) is 1. The van der Waals surface area contributed by atoms with Crippen LogP contribution in [0, 0.1) is 10.1 Å². The summed E-state index contributed by atoms with van der Waals surface area (Å²) in [6.07, 6.45) is 3.59. The summed E-state index contributed by atoms with van der Waals surface area (Å²) in [4.78, 5) is 20.6. The molecule has 8 nitrogen and oxygen atoms in total. The number of anilines is 1. The zero-order valence-corrected chi connectivity index (χ0v) is 11.5. The van der Waals surface area contributed by atoms with Crippen molar-refractivity contribution in [3.05, 3.63) is 16.3 Å². The highest BCUT2D eigenvalue weighted by Gasteiger charge is 2.19. The lowest BCUT2D eigenvalue weighted by Crippen LogP contribution is -2.25. The highest BCUT2D eigenvalue weighted by molar-refractivity contribution is 5.43. The Kier molecular flexibility index (Phi) is 5.05. The SMILES string of the molecule is CCNc1ncc([N+](=O)[O-])c(OCCN2CCCC2)n1. The zero-order valence-electron chi connectivity index (χ0n) is 11.5. The van der Waals surface area contributed by atoms with Crippen molar-refractivity contribution >= 4 is 11.6 Å². The van der Waals surface area contributed by atoms with Crippen LogP contribution in [0.1, 0.15) is 19.8 Å². The van der Waals surface area contributed by atoms with Crippen molar-refractivity contribution in [2.45, 2.75) is 19.8 Å². The van der Waals surface area contributed by atoms with Crippen LogP contribution < -0.4 is 10.1 Å². The molecule has 1 aromatic heterocycles. The van der Waals surface area contributed by atoms with Crippen LogP contribution in [0.3, 0.4) is 0 Å². The number of nitrogens with one attached hydrogen (secondary N) is 1. The van der Waals surface area contributed by atoms with Crippen LogP contribution in [-0.4, -0.2) is 52.6 Å². The topological polar surface area (TPSA) is 93.4 Å². The standard InChI is InChI=1S/C12H19N5O3/c1-2-13-12-14-9-10(17(18)19)11(15-12)20-8-7-16-5-3-4-6-16/h9H,2-8H2,1H3,(H,13,14,15). The Bertz CT molecular complexity index is 462. The molecule has 0 unspecified atom stereocenters. The summed E-state index contributed by atoms with van der Waals surface area (Å²) < 4.78 is 5.47. The zero-order chi connectivity index (χ0) is 14.4. The number of nitrogens with zero attached hydrogens (tertiary/aromatic N) is 4. The van der Waals surface area contributed by atoms with E-state index in [-0.39, 0.29) is 11.6 Å². The molecule has 2 rings (SSSR count). The molecule has 0 aromatic carbocycles. The molecule has 2 heterocycles. The van der Waals surface area contributed by atoms with Crippen molar-refractivity contribution in [1.29, 1.82) is 0 Å². The first-order valence-electron chi connectivity index (χ1n) is 6.81. The average molecular weight is 281 g/mol. The van der Waals surface area contributed by atoms with Gasteiger partial charge < -0.3 is 10.1 Å². The lowest BCUT2D eigenvalue weighted by atomic mass is 10.4. The van der Waals surface area contributed by atoms with Gasteiger partial charge in [0.2, 0.25) is 5.95 Å². The van der Waals surface area contributed by atoms with E-state index in [9.17, 15) is 10.1 Å². The molecule has 0 radical (unpaired) electrons.